The van der Waals surface area contributed by atoms with E-state index >= 15 is 0 Å². The van der Waals surface area contributed by atoms with Gasteiger partial charge < -0.3 is 15.3 Å². The van der Waals surface area contributed by atoms with Gasteiger partial charge in [0.05, 0.1) is 0 Å². The van der Waals surface area contributed by atoms with Gasteiger partial charge in [-0.1, -0.05) is 12.8 Å². The SMILES string of the molecule is CC(=O)O.O=C(O)CCCCCCC(=O)O. The van der Waals surface area contributed by atoms with Crippen molar-refractivity contribution in [2.45, 2.75) is 45.4 Å². The molecule has 0 aliphatic rings. The molecule has 0 fully saturated rings. The van der Waals surface area contributed by atoms with Gasteiger partial charge in [0.15, 0.2) is 0 Å². The maximum absolute atomic E-state index is 10.0. The summed E-state index contributed by atoms with van der Waals surface area (Å²) in [7, 11) is 0. The third-order valence-corrected chi connectivity index (χ3v) is 1.53. The zero-order valence-corrected chi connectivity index (χ0v) is 9.31. The van der Waals surface area contributed by atoms with Crippen molar-refractivity contribution in [3.8, 4) is 0 Å². The summed E-state index contributed by atoms with van der Waals surface area (Å²) in [6.45, 7) is 1.08. The molecule has 0 unspecified atom stereocenters. The van der Waals surface area contributed by atoms with E-state index in [2.05, 4.69) is 0 Å². The van der Waals surface area contributed by atoms with Crippen molar-refractivity contribution in [2.24, 2.45) is 0 Å². The van der Waals surface area contributed by atoms with Gasteiger partial charge in [0, 0.05) is 19.8 Å². The van der Waals surface area contributed by atoms with E-state index in [0.717, 1.165) is 19.8 Å². The van der Waals surface area contributed by atoms with Gasteiger partial charge in [0.25, 0.3) is 5.97 Å². The Balaban J connectivity index is 0. The Kier molecular flexibility index (Phi) is 12.1. The van der Waals surface area contributed by atoms with Crippen molar-refractivity contribution in [1.29, 1.82) is 0 Å². The first-order valence-electron chi connectivity index (χ1n) is 4.99. The van der Waals surface area contributed by atoms with Crippen LogP contribution in [0, 0.1) is 0 Å². The molecule has 16 heavy (non-hydrogen) atoms. The Labute approximate surface area is 93.9 Å². The molecule has 0 radical (unpaired) electrons. The van der Waals surface area contributed by atoms with E-state index in [9.17, 15) is 9.59 Å². The van der Waals surface area contributed by atoms with E-state index in [1.54, 1.807) is 0 Å². The fraction of sp³-hybridized carbons (Fsp3) is 0.700. The second-order valence-electron chi connectivity index (χ2n) is 3.22. The van der Waals surface area contributed by atoms with Crippen LogP contribution in [-0.4, -0.2) is 33.2 Å². The molecule has 0 aromatic heterocycles. The van der Waals surface area contributed by atoms with Crippen molar-refractivity contribution in [3.05, 3.63) is 0 Å². The summed E-state index contributed by atoms with van der Waals surface area (Å²) in [4.78, 5) is 29.1. The quantitative estimate of drug-likeness (QED) is 0.576. The van der Waals surface area contributed by atoms with Gasteiger partial charge in [-0.2, -0.15) is 0 Å². The molecule has 6 heteroatoms. The van der Waals surface area contributed by atoms with Crippen LogP contribution < -0.4 is 0 Å². The highest BCUT2D eigenvalue weighted by atomic mass is 16.4. The van der Waals surface area contributed by atoms with Crippen LogP contribution in [0.5, 0.6) is 0 Å². The molecule has 0 aliphatic heterocycles. The van der Waals surface area contributed by atoms with Crippen molar-refractivity contribution in [3.63, 3.8) is 0 Å². The van der Waals surface area contributed by atoms with Gasteiger partial charge in [-0.25, -0.2) is 0 Å². The largest absolute Gasteiger partial charge is 0.481 e. The zero-order valence-electron chi connectivity index (χ0n) is 9.31. The number of carboxylic acid groups (broad SMARTS) is 3. The predicted octanol–water partition coefficient (Wildman–Crippen LogP) is 1.59. The van der Waals surface area contributed by atoms with Crippen molar-refractivity contribution in [2.75, 3.05) is 0 Å². The van der Waals surface area contributed by atoms with Crippen LogP contribution in [0.3, 0.4) is 0 Å². The normalized spacial score (nSPS) is 8.81. The third-order valence-electron chi connectivity index (χ3n) is 1.53. The maximum atomic E-state index is 10.0. The Morgan fingerprint density at radius 3 is 1.19 bits per heavy atom. The highest BCUT2D eigenvalue weighted by Crippen LogP contribution is 2.04. The van der Waals surface area contributed by atoms with Crippen LogP contribution in [0.4, 0.5) is 0 Å². The number of hydrogen-bond acceptors (Lipinski definition) is 3. The minimum atomic E-state index is -0.833. The first-order chi connectivity index (χ1) is 7.36. The Morgan fingerprint density at radius 2 is 1.00 bits per heavy atom. The molecule has 0 saturated carbocycles. The summed E-state index contributed by atoms with van der Waals surface area (Å²) >= 11 is 0. The minimum absolute atomic E-state index is 0.188. The highest BCUT2D eigenvalue weighted by molar-refractivity contribution is 5.66. The van der Waals surface area contributed by atoms with E-state index in [4.69, 9.17) is 20.1 Å². The Bertz CT molecular complexity index is 201. The van der Waals surface area contributed by atoms with Crippen LogP contribution in [-0.2, 0) is 14.4 Å². The predicted molar refractivity (Wildman–Crippen MR) is 56.3 cm³/mol. The topological polar surface area (TPSA) is 112 Å². The molecule has 0 aromatic rings. The summed E-state index contributed by atoms with van der Waals surface area (Å²) in [6, 6.07) is 0. The van der Waals surface area contributed by atoms with E-state index in [1.165, 1.54) is 0 Å². The average molecular weight is 234 g/mol. The summed E-state index contributed by atoms with van der Waals surface area (Å²) in [5.74, 6) is -2.40. The fourth-order valence-electron chi connectivity index (χ4n) is 0.906. The number of unbranched alkanes of at least 4 members (excludes halogenated alkanes) is 3. The molecule has 0 aliphatic carbocycles. The van der Waals surface area contributed by atoms with Gasteiger partial charge in [0.1, 0.15) is 0 Å². The second-order valence-corrected chi connectivity index (χ2v) is 3.22. The average Bonchev–Trinajstić information content (AvgIpc) is 2.09. The number of rotatable bonds is 7. The smallest absolute Gasteiger partial charge is 0.303 e. The monoisotopic (exact) mass is 234 g/mol. The number of hydrogen-bond donors (Lipinski definition) is 3. The molecule has 6 nitrogen and oxygen atoms in total. The standard InChI is InChI=1S/C8H14O4.C2H4O2/c9-7(10)5-3-1-2-4-6-8(11)12;1-2(3)4/h1-6H2,(H,9,10)(H,11,12);1H3,(H,3,4). The second kappa shape index (κ2) is 11.5. The molecule has 0 spiro atoms. The van der Waals surface area contributed by atoms with Crippen molar-refractivity contribution < 1.29 is 29.7 Å². The van der Waals surface area contributed by atoms with Gasteiger partial charge in [0.2, 0.25) is 0 Å². The van der Waals surface area contributed by atoms with Gasteiger partial charge in [-0.05, 0) is 12.8 Å². The van der Waals surface area contributed by atoms with Crippen LogP contribution in [0.2, 0.25) is 0 Å². The van der Waals surface area contributed by atoms with Crippen LogP contribution in [0.15, 0.2) is 0 Å². The molecule has 0 rings (SSSR count). The molecule has 0 bridgehead atoms. The molecule has 0 heterocycles. The van der Waals surface area contributed by atoms with Gasteiger partial charge in [-0.3, -0.25) is 14.4 Å². The maximum Gasteiger partial charge on any atom is 0.303 e. The first kappa shape index (κ1) is 16.8. The van der Waals surface area contributed by atoms with Gasteiger partial charge in [-0.15, -0.1) is 0 Å². The third kappa shape index (κ3) is 29.4. The summed E-state index contributed by atoms with van der Waals surface area (Å²) in [6.07, 6.45) is 3.28. The summed E-state index contributed by atoms with van der Waals surface area (Å²) in [5.41, 5.74) is 0. The lowest BCUT2D eigenvalue weighted by molar-refractivity contribution is -0.138. The van der Waals surface area contributed by atoms with E-state index in [-0.39, 0.29) is 12.8 Å². The zero-order chi connectivity index (χ0) is 13.0. The van der Waals surface area contributed by atoms with Crippen molar-refractivity contribution in [1.82, 2.24) is 0 Å². The lowest BCUT2D eigenvalue weighted by Gasteiger charge is -1.96. The van der Waals surface area contributed by atoms with Crippen LogP contribution in [0.25, 0.3) is 0 Å². The Morgan fingerprint density at radius 1 is 0.750 bits per heavy atom. The molecular formula is C10H18O6. The lowest BCUT2D eigenvalue weighted by Crippen LogP contribution is -1.95. The number of carboxylic acids is 3. The fourth-order valence-corrected chi connectivity index (χ4v) is 0.906. The van der Waals surface area contributed by atoms with E-state index < -0.39 is 17.9 Å². The number of carbonyl (C=O) groups is 3. The van der Waals surface area contributed by atoms with Gasteiger partial charge >= 0.3 is 11.9 Å². The van der Waals surface area contributed by atoms with E-state index in [0.29, 0.717) is 12.8 Å². The lowest BCUT2D eigenvalue weighted by atomic mass is 10.1. The van der Waals surface area contributed by atoms with E-state index in [1.807, 2.05) is 0 Å². The molecule has 0 amide bonds. The molecule has 3 N–H and O–H groups in total. The van der Waals surface area contributed by atoms with Crippen LogP contribution >= 0.6 is 0 Å². The Hall–Kier alpha value is -1.59. The summed E-state index contributed by atoms with van der Waals surface area (Å²) in [5, 5.41) is 23.9. The van der Waals surface area contributed by atoms with Crippen molar-refractivity contribution >= 4 is 17.9 Å². The first-order valence-corrected chi connectivity index (χ1v) is 4.99. The molecular weight excluding hydrogens is 216 g/mol. The minimum Gasteiger partial charge on any atom is -0.481 e. The van der Waals surface area contributed by atoms with Crippen LogP contribution in [0.1, 0.15) is 45.4 Å². The molecule has 94 valence electrons. The summed E-state index contributed by atoms with van der Waals surface area (Å²) < 4.78 is 0. The highest BCUT2D eigenvalue weighted by Gasteiger charge is 1.98. The number of aliphatic carboxylic acids is 3. The molecule has 0 aromatic carbocycles. The molecule has 0 atom stereocenters. The molecule has 0 saturated heterocycles.